The van der Waals surface area contributed by atoms with Crippen LogP contribution in [0.3, 0.4) is 0 Å². The highest BCUT2D eigenvalue weighted by Gasteiger charge is 2.16. The summed E-state index contributed by atoms with van der Waals surface area (Å²) in [5, 5.41) is 0. The molecule has 2 aromatic carbocycles. The molecule has 5 nitrogen and oxygen atoms in total. The molecule has 2 rings (SSSR count). The minimum Gasteiger partial charge on any atom is -0.497 e. The summed E-state index contributed by atoms with van der Waals surface area (Å²) in [5.74, 6) is 0.726. The van der Waals surface area contributed by atoms with E-state index in [0.717, 1.165) is 11.3 Å². The molecule has 2 aromatic rings. The summed E-state index contributed by atoms with van der Waals surface area (Å²) in [4.78, 5) is 0.0912. The Morgan fingerprint density at radius 2 is 1.75 bits per heavy atom. The molecule has 0 bridgehead atoms. The molecule has 0 aromatic heterocycles. The number of rotatable bonds is 5. The van der Waals surface area contributed by atoms with Crippen molar-refractivity contribution in [2.45, 2.75) is 11.4 Å². The first-order chi connectivity index (χ1) is 9.53. The Balaban J connectivity index is 2.11. The predicted molar refractivity (Wildman–Crippen MR) is 77.9 cm³/mol. The number of sulfonamides is 1. The number of hydrogen-bond acceptors (Lipinski definition) is 4. The fraction of sp³-hybridized carbons (Fsp3) is 0.143. The second-order valence-electron chi connectivity index (χ2n) is 4.21. The van der Waals surface area contributed by atoms with Gasteiger partial charge in [0.1, 0.15) is 10.6 Å². The second-order valence-corrected chi connectivity index (χ2v) is 5.95. The summed E-state index contributed by atoms with van der Waals surface area (Å²) in [6.45, 7) is 0.195. The van der Waals surface area contributed by atoms with Crippen molar-refractivity contribution < 1.29 is 13.2 Å². The average Bonchev–Trinajstić information content (AvgIpc) is 2.46. The molecular weight excluding hydrogens is 276 g/mol. The van der Waals surface area contributed by atoms with Gasteiger partial charge in [0.15, 0.2) is 0 Å². The third-order valence-corrected chi connectivity index (χ3v) is 4.31. The van der Waals surface area contributed by atoms with E-state index in [1.165, 1.54) is 6.07 Å². The van der Waals surface area contributed by atoms with Crippen LogP contribution in [0.25, 0.3) is 0 Å². The van der Waals surface area contributed by atoms with Crippen molar-refractivity contribution >= 4 is 15.7 Å². The first kappa shape index (κ1) is 14.4. The van der Waals surface area contributed by atoms with Gasteiger partial charge < -0.3 is 10.5 Å². The van der Waals surface area contributed by atoms with Crippen molar-refractivity contribution in [1.82, 2.24) is 4.72 Å². The SMILES string of the molecule is COc1ccc(CNS(=O)(=O)c2ccccc2N)cc1. The van der Waals surface area contributed by atoms with Crippen molar-refractivity contribution in [2.24, 2.45) is 0 Å². The maximum atomic E-state index is 12.1. The van der Waals surface area contributed by atoms with Gasteiger partial charge in [-0.25, -0.2) is 13.1 Å². The van der Waals surface area contributed by atoms with Gasteiger partial charge in [0, 0.05) is 6.54 Å². The Kier molecular flexibility index (Phi) is 4.26. The standard InChI is InChI=1S/C14H16N2O3S/c1-19-12-8-6-11(7-9-12)10-16-20(17,18)14-5-3-2-4-13(14)15/h2-9,16H,10,15H2,1H3. The molecule has 106 valence electrons. The van der Waals surface area contributed by atoms with E-state index in [-0.39, 0.29) is 17.1 Å². The normalized spacial score (nSPS) is 11.2. The van der Waals surface area contributed by atoms with Crippen LogP contribution in [-0.2, 0) is 16.6 Å². The van der Waals surface area contributed by atoms with Crippen molar-refractivity contribution in [2.75, 3.05) is 12.8 Å². The summed E-state index contributed by atoms with van der Waals surface area (Å²) in [6.07, 6.45) is 0. The van der Waals surface area contributed by atoms with Crippen molar-refractivity contribution in [3.63, 3.8) is 0 Å². The maximum absolute atomic E-state index is 12.1. The van der Waals surface area contributed by atoms with Crippen molar-refractivity contribution in [3.05, 3.63) is 54.1 Å². The number of nitrogen functional groups attached to an aromatic ring is 1. The van der Waals surface area contributed by atoms with Crippen LogP contribution in [0.4, 0.5) is 5.69 Å². The highest BCUT2D eigenvalue weighted by Crippen LogP contribution is 2.17. The lowest BCUT2D eigenvalue weighted by molar-refractivity contribution is 0.414. The summed E-state index contributed by atoms with van der Waals surface area (Å²) < 4.78 is 31.8. The van der Waals surface area contributed by atoms with Gasteiger partial charge in [-0.05, 0) is 29.8 Å². The van der Waals surface area contributed by atoms with Gasteiger partial charge in [-0.15, -0.1) is 0 Å². The Morgan fingerprint density at radius 3 is 2.35 bits per heavy atom. The summed E-state index contributed by atoms with van der Waals surface area (Å²) in [5.41, 5.74) is 6.75. The largest absolute Gasteiger partial charge is 0.497 e. The summed E-state index contributed by atoms with van der Waals surface area (Å²) in [6, 6.07) is 13.5. The average molecular weight is 292 g/mol. The molecule has 0 spiro atoms. The van der Waals surface area contributed by atoms with Gasteiger partial charge in [0.05, 0.1) is 12.8 Å². The van der Waals surface area contributed by atoms with Crippen LogP contribution in [0.1, 0.15) is 5.56 Å². The topological polar surface area (TPSA) is 81.4 Å². The first-order valence-corrected chi connectivity index (χ1v) is 7.48. The zero-order valence-electron chi connectivity index (χ0n) is 11.0. The highest BCUT2D eigenvalue weighted by atomic mass is 32.2. The molecule has 0 aliphatic heterocycles. The Bertz CT molecular complexity index is 682. The molecule has 0 fully saturated rings. The molecule has 0 amide bonds. The monoisotopic (exact) mass is 292 g/mol. The van der Waals surface area contributed by atoms with E-state index in [4.69, 9.17) is 10.5 Å². The van der Waals surface area contributed by atoms with Crippen LogP contribution in [-0.4, -0.2) is 15.5 Å². The molecular formula is C14H16N2O3S. The number of para-hydroxylation sites is 1. The molecule has 0 unspecified atom stereocenters. The molecule has 0 aliphatic rings. The fourth-order valence-electron chi connectivity index (χ4n) is 1.72. The lowest BCUT2D eigenvalue weighted by Crippen LogP contribution is -2.24. The molecule has 0 radical (unpaired) electrons. The van der Waals surface area contributed by atoms with Crippen LogP contribution in [0.2, 0.25) is 0 Å². The predicted octanol–water partition coefficient (Wildman–Crippen LogP) is 1.76. The maximum Gasteiger partial charge on any atom is 0.242 e. The number of nitrogens with one attached hydrogen (secondary N) is 1. The van der Waals surface area contributed by atoms with E-state index in [1.807, 2.05) is 0 Å². The molecule has 0 saturated carbocycles. The van der Waals surface area contributed by atoms with E-state index in [0.29, 0.717) is 0 Å². The lowest BCUT2D eigenvalue weighted by atomic mass is 10.2. The van der Waals surface area contributed by atoms with E-state index >= 15 is 0 Å². The third kappa shape index (κ3) is 3.28. The highest BCUT2D eigenvalue weighted by molar-refractivity contribution is 7.89. The van der Waals surface area contributed by atoms with Crippen LogP contribution in [0.5, 0.6) is 5.75 Å². The minimum absolute atomic E-state index is 0.0912. The van der Waals surface area contributed by atoms with Gasteiger partial charge >= 0.3 is 0 Å². The molecule has 0 saturated heterocycles. The number of benzene rings is 2. The van der Waals surface area contributed by atoms with Gasteiger partial charge in [-0.1, -0.05) is 24.3 Å². The number of anilines is 1. The van der Waals surface area contributed by atoms with Crippen LogP contribution < -0.4 is 15.2 Å². The Hall–Kier alpha value is -2.05. The number of ether oxygens (including phenoxy) is 1. The Labute approximate surface area is 118 Å². The number of hydrogen-bond donors (Lipinski definition) is 2. The van der Waals surface area contributed by atoms with E-state index in [2.05, 4.69) is 4.72 Å². The third-order valence-electron chi connectivity index (χ3n) is 2.83. The number of methoxy groups -OCH3 is 1. The van der Waals surface area contributed by atoms with Gasteiger partial charge in [-0.3, -0.25) is 0 Å². The molecule has 0 atom stereocenters. The van der Waals surface area contributed by atoms with Gasteiger partial charge in [0.25, 0.3) is 0 Å². The molecule has 0 aliphatic carbocycles. The van der Waals surface area contributed by atoms with Crippen molar-refractivity contribution in [1.29, 1.82) is 0 Å². The van der Waals surface area contributed by atoms with Crippen LogP contribution in [0.15, 0.2) is 53.4 Å². The summed E-state index contributed by atoms with van der Waals surface area (Å²) >= 11 is 0. The minimum atomic E-state index is -3.61. The van der Waals surface area contributed by atoms with Crippen LogP contribution in [0, 0.1) is 0 Å². The summed E-state index contributed by atoms with van der Waals surface area (Å²) in [7, 11) is -2.03. The van der Waals surface area contributed by atoms with Gasteiger partial charge in [0.2, 0.25) is 10.0 Å². The number of nitrogens with two attached hydrogens (primary N) is 1. The molecule has 20 heavy (non-hydrogen) atoms. The zero-order chi connectivity index (χ0) is 14.6. The van der Waals surface area contributed by atoms with E-state index in [1.54, 1.807) is 49.6 Å². The lowest BCUT2D eigenvalue weighted by Gasteiger charge is -2.09. The molecule has 0 heterocycles. The molecule has 3 N–H and O–H groups in total. The van der Waals surface area contributed by atoms with E-state index in [9.17, 15) is 8.42 Å². The second kappa shape index (κ2) is 5.94. The fourth-order valence-corrected chi connectivity index (χ4v) is 2.87. The quantitative estimate of drug-likeness (QED) is 0.823. The van der Waals surface area contributed by atoms with Crippen LogP contribution >= 0.6 is 0 Å². The van der Waals surface area contributed by atoms with E-state index < -0.39 is 10.0 Å². The molecule has 6 heteroatoms. The smallest absolute Gasteiger partial charge is 0.242 e. The van der Waals surface area contributed by atoms with Crippen molar-refractivity contribution in [3.8, 4) is 5.75 Å². The Morgan fingerprint density at radius 1 is 1.10 bits per heavy atom. The first-order valence-electron chi connectivity index (χ1n) is 6.00. The zero-order valence-corrected chi connectivity index (χ0v) is 11.9. The van der Waals surface area contributed by atoms with Gasteiger partial charge in [-0.2, -0.15) is 0 Å².